The first kappa shape index (κ1) is 16.0. The van der Waals surface area contributed by atoms with Gasteiger partial charge in [0.1, 0.15) is 0 Å². The SMILES string of the molecule is CCn1ncc(OC)c1C(C)C(C)CNCC(C)C. The first-order valence-electron chi connectivity index (χ1n) is 7.31. The fourth-order valence-corrected chi connectivity index (χ4v) is 2.29. The largest absolute Gasteiger partial charge is 0.493 e. The topological polar surface area (TPSA) is 39.1 Å². The van der Waals surface area contributed by atoms with Gasteiger partial charge in [0.25, 0.3) is 0 Å². The quantitative estimate of drug-likeness (QED) is 0.787. The lowest BCUT2D eigenvalue weighted by Crippen LogP contribution is -2.28. The Balaban J connectivity index is 2.70. The fraction of sp³-hybridized carbons (Fsp3) is 0.800. The molecule has 0 saturated carbocycles. The van der Waals surface area contributed by atoms with Crippen LogP contribution in [0.2, 0.25) is 0 Å². The summed E-state index contributed by atoms with van der Waals surface area (Å²) in [5.74, 6) is 2.58. The average molecular weight is 267 g/mol. The zero-order chi connectivity index (χ0) is 14.4. The Bertz CT molecular complexity index is 352. The van der Waals surface area contributed by atoms with Crippen LogP contribution in [0, 0.1) is 11.8 Å². The molecule has 4 nitrogen and oxygen atoms in total. The third-order valence-corrected chi connectivity index (χ3v) is 3.67. The molecule has 2 unspecified atom stereocenters. The van der Waals surface area contributed by atoms with Gasteiger partial charge in [0.15, 0.2) is 5.75 Å². The summed E-state index contributed by atoms with van der Waals surface area (Å²) in [5, 5.41) is 7.92. The number of nitrogens with zero attached hydrogens (tertiary/aromatic N) is 2. The molecule has 4 heteroatoms. The molecule has 1 aromatic heterocycles. The molecule has 0 fully saturated rings. The lowest BCUT2D eigenvalue weighted by atomic mass is 9.92. The molecular weight excluding hydrogens is 238 g/mol. The Kier molecular flexibility index (Phi) is 6.35. The molecule has 0 saturated heterocycles. The molecule has 1 heterocycles. The molecule has 1 rings (SSSR count). The lowest BCUT2D eigenvalue weighted by molar-refractivity contribution is 0.374. The number of aromatic nitrogens is 2. The van der Waals surface area contributed by atoms with Crippen LogP contribution in [0.3, 0.4) is 0 Å². The fourth-order valence-electron chi connectivity index (χ4n) is 2.29. The normalized spacial score (nSPS) is 14.7. The first-order valence-corrected chi connectivity index (χ1v) is 7.31. The van der Waals surface area contributed by atoms with Crippen LogP contribution in [0.4, 0.5) is 0 Å². The minimum Gasteiger partial charge on any atom is -0.493 e. The minimum absolute atomic E-state index is 0.428. The summed E-state index contributed by atoms with van der Waals surface area (Å²) in [5.41, 5.74) is 1.21. The molecule has 1 aromatic rings. The lowest BCUT2D eigenvalue weighted by Gasteiger charge is -2.22. The maximum atomic E-state index is 5.44. The summed E-state index contributed by atoms with van der Waals surface area (Å²) in [6.07, 6.45) is 1.82. The summed E-state index contributed by atoms with van der Waals surface area (Å²) in [7, 11) is 1.72. The zero-order valence-corrected chi connectivity index (χ0v) is 13.2. The third kappa shape index (κ3) is 4.23. The van der Waals surface area contributed by atoms with Crippen LogP contribution in [0.5, 0.6) is 5.75 Å². The summed E-state index contributed by atoms with van der Waals surface area (Å²) in [6.45, 7) is 14.1. The van der Waals surface area contributed by atoms with Gasteiger partial charge in [0, 0.05) is 12.5 Å². The van der Waals surface area contributed by atoms with Crippen LogP contribution >= 0.6 is 0 Å². The van der Waals surface area contributed by atoms with E-state index in [0.29, 0.717) is 17.8 Å². The molecule has 0 aliphatic rings. The third-order valence-electron chi connectivity index (χ3n) is 3.67. The number of hydrogen-bond acceptors (Lipinski definition) is 3. The summed E-state index contributed by atoms with van der Waals surface area (Å²) < 4.78 is 7.48. The molecule has 0 aromatic carbocycles. The van der Waals surface area contributed by atoms with Gasteiger partial charge in [-0.3, -0.25) is 4.68 Å². The van der Waals surface area contributed by atoms with Crippen molar-refractivity contribution in [2.24, 2.45) is 11.8 Å². The highest BCUT2D eigenvalue weighted by atomic mass is 16.5. The van der Waals surface area contributed by atoms with Crippen molar-refractivity contribution in [1.29, 1.82) is 0 Å². The Hall–Kier alpha value is -1.03. The standard InChI is InChI=1S/C15H29N3O/c1-7-18-15(14(19-6)10-17-18)13(5)12(4)9-16-8-11(2)3/h10-13,16H,7-9H2,1-6H3. The average Bonchev–Trinajstić information content (AvgIpc) is 2.79. The number of nitrogens with one attached hydrogen (secondary N) is 1. The summed E-state index contributed by atoms with van der Waals surface area (Å²) >= 11 is 0. The second kappa shape index (κ2) is 7.53. The van der Waals surface area contributed by atoms with Crippen LogP contribution in [0.1, 0.15) is 46.2 Å². The summed E-state index contributed by atoms with van der Waals surface area (Å²) in [4.78, 5) is 0. The molecule has 0 aliphatic carbocycles. The first-order chi connectivity index (χ1) is 9.01. The van der Waals surface area contributed by atoms with Crippen molar-refractivity contribution in [1.82, 2.24) is 15.1 Å². The Morgan fingerprint density at radius 1 is 1.26 bits per heavy atom. The number of rotatable bonds is 8. The number of methoxy groups -OCH3 is 1. The Morgan fingerprint density at radius 2 is 1.95 bits per heavy atom. The van der Waals surface area contributed by atoms with Crippen molar-refractivity contribution in [3.63, 3.8) is 0 Å². The van der Waals surface area contributed by atoms with E-state index in [2.05, 4.69) is 45.0 Å². The van der Waals surface area contributed by atoms with Crippen molar-refractivity contribution >= 4 is 0 Å². The van der Waals surface area contributed by atoms with Gasteiger partial charge < -0.3 is 10.1 Å². The maximum Gasteiger partial charge on any atom is 0.160 e. The second-order valence-corrected chi connectivity index (χ2v) is 5.73. The highest BCUT2D eigenvalue weighted by Gasteiger charge is 2.22. The maximum absolute atomic E-state index is 5.44. The molecular formula is C15H29N3O. The number of hydrogen-bond donors (Lipinski definition) is 1. The van der Waals surface area contributed by atoms with E-state index in [1.54, 1.807) is 7.11 Å². The molecule has 0 bridgehead atoms. The molecule has 0 spiro atoms. The van der Waals surface area contributed by atoms with Crippen LogP contribution < -0.4 is 10.1 Å². The van der Waals surface area contributed by atoms with Crippen molar-refractivity contribution in [3.8, 4) is 5.75 Å². The van der Waals surface area contributed by atoms with Gasteiger partial charge in [-0.1, -0.05) is 27.7 Å². The van der Waals surface area contributed by atoms with Gasteiger partial charge in [-0.25, -0.2) is 0 Å². The van der Waals surface area contributed by atoms with E-state index >= 15 is 0 Å². The number of aryl methyl sites for hydroxylation is 1. The van der Waals surface area contributed by atoms with Gasteiger partial charge in [0.05, 0.1) is 19.0 Å². The van der Waals surface area contributed by atoms with Crippen molar-refractivity contribution in [2.45, 2.75) is 47.1 Å². The van der Waals surface area contributed by atoms with Crippen LogP contribution in [-0.2, 0) is 6.54 Å². The summed E-state index contributed by atoms with van der Waals surface area (Å²) in [6, 6.07) is 0. The van der Waals surface area contributed by atoms with Crippen molar-refractivity contribution in [2.75, 3.05) is 20.2 Å². The monoisotopic (exact) mass is 267 g/mol. The smallest absolute Gasteiger partial charge is 0.160 e. The zero-order valence-electron chi connectivity index (χ0n) is 13.2. The predicted octanol–water partition coefficient (Wildman–Crippen LogP) is 2.90. The van der Waals surface area contributed by atoms with Gasteiger partial charge in [-0.05, 0) is 31.8 Å². The number of ether oxygens (including phenoxy) is 1. The Morgan fingerprint density at radius 3 is 2.47 bits per heavy atom. The van der Waals surface area contributed by atoms with E-state index in [-0.39, 0.29) is 0 Å². The van der Waals surface area contributed by atoms with E-state index in [4.69, 9.17) is 4.74 Å². The van der Waals surface area contributed by atoms with Crippen molar-refractivity contribution in [3.05, 3.63) is 11.9 Å². The van der Waals surface area contributed by atoms with E-state index in [0.717, 1.165) is 25.4 Å². The molecule has 2 atom stereocenters. The van der Waals surface area contributed by atoms with E-state index in [1.165, 1.54) is 5.69 Å². The highest BCUT2D eigenvalue weighted by Crippen LogP contribution is 2.31. The molecule has 1 N–H and O–H groups in total. The van der Waals surface area contributed by atoms with E-state index in [1.807, 2.05) is 10.9 Å². The van der Waals surface area contributed by atoms with E-state index in [9.17, 15) is 0 Å². The molecule has 0 radical (unpaired) electrons. The molecule has 0 amide bonds. The van der Waals surface area contributed by atoms with Crippen LogP contribution in [-0.4, -0.2) is 30.0 Å². The van der Waals surface area contributed by atoms with Gasteiger partial charge in [0.2, 0.25) is 0 Å². The molecule has 110 valence electrons. The van der Waals surface area contributed by atoms with Crippen LogP contribution in [0.15, 0.2) is 6.20 Å². The van der Waals surface area contributed by atoms with E-state index < -0.39 is 0 Å². The Labute approximate surface area is 117 Å². The van der Waals surface area contributed by atoms with Gasteiger partial charge >= 0.3 is 0 Å². The van der Waals surface area contributed by atoms with Crippen molar-refractivity contribution < 1.29 is 4.74 Å². The molecule has 0 aliphatic heterocycles. The van der Waals surface area contributed by atoms with Crippen LogP contribution in [0.25, 0.3) is 0 Å². The van der Waals surface area contributed by atoms with Gasteiger partial charge in [-0.15, -0.1) is 0 Å². The minimum atomic E-state index is 0.428. The highest BCUT2D eigenvalue weighted by molar-refractivity contribution is 5.28. The molecule has 19 heavy (non-hydrogen) atoms. The van der Waals surface area contributed by atoms with Gasteiger partial charge in [-0.2, -0.15) is 5.10 Å². The second-order valence-electron chi connectivity index (χ2n) is 5.73. The predicted molar refractivity (Wildman–Crippen MR) is 79.7 cm³/mol.